The van der Waals surface area contributed by atoms with Gasteiger partial charge in [-0.1, -0.05) is 0 Å². The summed E-state index contributed by atoms with van der Waals surface area (Å²) in [5.74, 6) is 0.217. The topological polar surface area (TPSA) is 58.9 Å². The van der Waals surface area contributed by atoms with Gasteiger partial charge in [-0.3, -0.25) is 0 Å². The van der Waals surface area contributed by atoms with E-state index in [1.165, 1.54) is 18.2 Å². The predicted octanol–water partition coefficient (Wildman–Crippen LogP) is 2.12. The van der Waals surface area contributed by atoms with Crippen molar-refractivity contribution in [1.82, 2.24) is 9.97 Å². The van der Waals surface area contributed by atoms with Crippen molar-refractivity contribution in [2.45, 2.75) is 6.92 Å². The molecule has 0 amide bonds. The lowest BCUT2D eigenvalue weighted by molar-refractivity contribution is 0.565. The molecule has 3 rings (SSSR count). The minimum atomic E-state index is -0.515. The number of fused-ring (bicyclic) bond motifs is 3. The number of aromatic nitrogens is 2. The Morgan fingerprint density at radius 3 is 3.06 bits per heavy atom. The Balaban J connectivity index is 2.65. The Bertz CT molecular complexity index is 758. The van der Waals surface area contributed by atoms with Gasteiger partial charge in [-0.05, 0) is 25.1 Å². The van der Waals surface area contributed by atoms with Crippen molar-refractivity contribution in [2.75, 3.05) is 0 Å². The molecule has 0 spiro atoms. The third-order valence-corrected chi connectivity index (χ3v) is 2.43. The van der Waals surface area contributed by atoms with Crippen LogP contribution in [0.2, 0.25) is 0 Å². The van der Waals surface area contributed by atoms with Crippen molar-refractivity contribution in [3.63, 3.8) is 0 Å². The van der Waals surface area contributed by atoms with E-state index in [4.69, 9.17) is 4.42 Å². The average Bonchev–Trinajstić information content (AvgIpc) is 2.62. The molecule has 0 radical (unpaired) electrons. The SMILES string of the molecule is Cc1nc2c(=O)oc3ccc(F)cc3c2[nH]1. The summed E-state index contributed by atoms with van der Waals surface area (Å²) in [4.78, 5) is 18.5. The fourth-order valence-electron chi connectivity index (χ4n) is 1.77. The second-order valence-electron chi connectivity index (χ2n) is 3.58. The zero-order valence-corrected chi connectivity index (χ0v) is 8.37. The number of hydrogen-bond acceptors (Lipinski definition) is 3. The van der Waals surface area contributed by atoms with Crippen LogP contribution in [-0.4, -0.2) is 9.97 Å². The molecule has 0 fully saturated rings. The molecule has 80 valence electrons. The van der Waals surface area contributed by atoms with Crippen LogP contribution in [0.1, 0.15) is 5.82 Å². The van der Waals surface area contributed by atoms with Crippen molar-refractivity contribution in [1.29, 1.82) is 0 Å². The zero-order valence-electron chi connectivity index (χ0n) is 8.37. The van der Waals surface area contributed by atoms with E-state index in [-0.39, 0.29) is 11.3 Å². The summed E-state index contributed by atoms with van der Waals surface area (Å²) >= 11 is 0. The number of nitrogens with zero attached hydrogens (tertiary/aromatic N) is 1. The molecule has 4 nitrogen and oxygen atoms in total. The Labute approximate surface area is 88.7 Å². The first-order valence-corrected chi connectivity index (χ1v) is 4.74. The molecule has 1 aromatic carbocycles. The molecular weight excluding hydrogens is 211 g/mol. The lowest BCUT2D eigenvalue weighted by atomic mass is 10.2. The van der Waals surface area contributed by atoms with E-state index in [0.717, 1.165) is 0 Å². The van der Waals surface area contributed by atoms with Crippen LogP contribution < -0.4 is 5.63 Å². The fraction of sp³-hybridized carbons (Fsp3) is 0.0909. The van der Waals surface area contributed by atoms with Crippen LogP contribution in [0, 0.1) is 12.7 Å². The summed E-state index contributed by atoms with van der Waals surface area (Å²) in [5, 5.41) is 0.523. The third kappa shape index (κ3) is 1.14. The number of halogens is 1. The van der Waals surface area contributed by atoms with Crippen LogP contribution >= 0.6 is 0 Å². The summed E-state index contributed by atoms with van der Waals surface area (Å²) in [6, 6.07) is 4.00. The molecule has 0 aliphatic heterocycles. The van der Waals surface area contributed by atoms with Gasteiger partial charge in [-0.2, -0.15) is 0 Å². The monoisotopic (exact) mass is 218 g/mol. The molecule has 0 unspecified atom stereocenters. The summed E-state index contributed by atoms with van der Waals surface area (Å²) in [7, 11) is 0. The smallest absolute Gasteiger partial charge is 0.364 e. The summed E-state index contributed by atoms with van der Waals surface area (Å²) in [6.45, 7) is 1.73. The average molecular weight is 218 g/mol. The lowest BCUT2D eigenvalue weighted by Crippen LogP contribution is -1.99. The quantitative estimate of drug-likeness (QED) is 0.588. The molecule has 0 saturated heterocycles. The standard InChI is InChI=1S/C11H7FN2O2/c1-5-13-9-7-4-6(12)2-3-8(7)16-11(15)10(9)14-5/h2-4H,1H3,(H,13,14). The van der Waals surface area contributed by atoms with Crippen LogP contribution in [0.3, 0.4) is 0 Å². The van der Waals surface area contributed by atoms with E-state index in [1.807, 2.05) is 0 Å². The first kappa shape index (κ1) is 9.08. The Morgan fingerprint density at radius 1 is 1.44 bits per heavy atom. The molecule has 0 bridgehead atoms. The Kier molecular flexibility index (Phi) is 1.65. The van der Waals surface area contributed by atoms with Gasteiger partial charge in [0, 0.05) is 5.39 Å². The third-order valence-electron chi connectivity index (χ3n) is 2.43. The van der Waals surface area contributed by atoms with Gasteiger partial charge in [0.2, 0.25) is 0 Å². The highest BCUT2D eigenvalue weighted by Crippen LogP contribution is 2.21. The Morgan fingerprint density at radius 2 is 2.25 bits per heavy atom. The van der Waals surface area contributed by atoms with Crippen LogP contribution in [0.15, 0.2) is 27.4 Å². The second-order valence-corrected chi connectivity index (χ2v) is 3.58. The summed E-state index contributed by atoms with van der Waals surface area (Å²) < 4.78 is 18.2. The number of H-pyrrole nitrogens is 1. The van der Waals surface area contributed by atoms with E-state index in [9.17, 15) is 9.18 Å². The lowest BCUT2D eigenvalue weighted by Gasteiger charge is -1.97. The van der Waals surface area contributed by atoms with Crippen LogP contribution in [0.25, 0.3) is 22.0 Å². The van der Waals surface area contributed by atoms with Gasteiger partial charge in [0.15, 0.2) is 5.52 Å². The van der Waals surface area contributed by atoms with Gasteiger partial charge < -0.3 is 9.40 Å². The van der Waals surface area contributed by atoms with E-state index >= 15 is 0 Å². The predicted molar refractivity (Wildman–Crippen MR) is 56.8 cm³/mol. The molecule has 2 aromatic heterocycles. The maximum absolute atomic E-state index is 13.1. The van der Waals surface area contributed by atoms with Crippen molar-refractivity contribution in [2.24, 2.45) is 0 Å². The number of aryl methyl sites for hydroxylation is 1. The van der Waals surface area contributed by atoms with Crippen molar-refractivity contribution < 1.29 is 8.81 Å². The minimum absolute atomic E-state index is 0.204. The molecule has 0 aliphatic rings. The number of imidazole rings is 1. The van der Waals surface area contributed by atoms with Crippen LogP contribution in [-0.2, 0) is 0 Å². The highest BCUT2D eigenvalue weighted by molar-refractivity contribution is 6.00. The zero-order chi connectivity index (χ0) is 11.3. The second kappa shape index (κ2) is 2.91. The largest absolute Gasteiger partial charge is 0.421 e. The molecule has 5 heteroatoms. The fourth-order valence-corrected chi connectivity index (χ4v) is 1.77. The molecule has 2 heterocycles. The van der Waals surface area contributed by atoms with Gasteiger partial charge in [-0.15, -0.1) is 0 Å². The van der Waals surface area contributed by atoms with Gasteiger partial charge in [0.1, 0.15) is 17.2 Å². The number of nitrogens with one attached hydrogen (secondary N) is 1. The first-order valence-electron chi connectivity index (χ1n) is 4.74. The van der Waals surface area contributed by atoms with Crippen LogP contribution in [0.5, 0.6) is 0 Å². The number of aromatic amines is 1. The summed E-state index contributed by atoms with van der Waals surface area (Å²) in [6.07, 6.45) is 0. The Hall–Kier alpha value is -2.17. The van der Waals surface area contributed by atoms with Gasteiger partial charge in [0.25, 0.3) is 0 Å². The van der Waals surface area contributed by atoms with E-state index in [2.05, 4.69) is 9.97 Å². The van der Waals surface area contributed by atoms with Crippen LogP contribution in [0.4, 0.5) is 4.39 Å². The van der Waals surface area contributed by atoms with Crippen molar-refractivity contribution in [3.8, 4) is 0 Å². The molecule has 0 atom stereocenters. The normalized spacial score (nSPS) is 11.4. The number of rotatable bonds is 0. The van der Waals surface area contributed by atoms with Gasteiger partial charge in [-0.25, -0.2) is 14.2 Å². The molecule has 0 aliphatic carbocycles. The molecular formula is C11H7FN2O2. The van der Waals surface area contributed by atoms with E-state index in [0.29, 0.717) is 22.3 Å². The van der Waals surface area contributed by atoms with Gasteiger partial charge >= 0.3 is 5.63 Å². The van der Waals surface area contributed by atoms with E-state index in [1.54, 1.807) is 6.92 Å². The van der Waals surface area contributed by atoms with Gasteiger partial charge in [0.05, 0.1) is 5.52 Å². The van der Waals surface area contributed by atoms with Crippen molar-refractivity contribution in [3.05, 3.63) is 40.3 Å². The molecule has 16 heavy (non-hydrogen) atoms. The highest BCUT2D eigenvalue weighted by atomic mass is 19.1. The van der Waals surface area contributed by atoms with E-state index < -0.39 is 5.63 Å². The summed E-state index contributed by atoms with van der Waals surface area (Å²) in [5.41, 5.74) is 0.555. The maximum Gasteiger partial charge on any atom is 0.364 e. The molecule has 0 saturated carbocycles. The minimum Gasteiger partial charge on any atom is -0.421 e. The first-order chi connectivity index (χ1) is 7.65. The maximum atomic E-state index is 13.1. The highest BCUT2D eigenvalue weighted by Gasteiger charge is 2.11. The molecule has 3 aromatic rings. The molecule has 1 N–H and O–H groups in total. The van der Waals surface area contributed by atoms with Crippen molar-refractivity contribution >= 4 is 22.0 Å². The number of hydrogen-bond donors (Lipinski definition) is 1. The number of benzene rings is 1.